The molecule has 0 fully saturated rings. The van der Waals surface area contributed by atoms with Gasteiger partial charge in [0, 0.05) is 10.7 Å². The molecule has 3 rings (SSSR count). The number of nitrogens with zero attached hydrogens (tertiary/aromatic N) is 1. The summed E-state index contributed by atoms with van der Waals surface area (Å²) in [6.07, 6.45) is 1.59. The highest BCUT2D eigenvalue weighted by atomic mass is 79.9. The van der Waals surface area contributed by atoms with Gasteiger partial charge in [-0.15, -0.1) is 0 Å². The molecule has 1 aromatic carbocycles. The van der Waals surface area contributed by atoms with Gasteiger partial charge in [0.1, 0.15) is 29.0 Å². The van der Waals surface area contributed by atoms with E-state index in [0.717, 1.165) is 4.47 Å². The van der Waals surface area contributed by atoms with Crippen molar-refractivity contribution < 1.29 is 13.9 Å². The molecule has 3 aromatic rings. The summed E-state index contributed by atoms with van der Waals surface area (Å²) in [6.45, 7) is 0.115. The van der Waals surface area contributed by atoms with Gasteiger partial charge in [0.25, 0.3) is 5.91 Å². The molecule has 25 heavy (non-hydrogen) atoms. The van der Waals surface area contributed by atoms with Crippen molar-refractivity contribution in [2.45, 2.75) is 6.61 Å². The summed E-state index contributed by atoms with van der Waals surface area (Å²) in [6, 6.07) is 11.8. The monoisotopic (exact) mass is 440 g/mol. The van der Waals surface area contributed by atoms with E-state index in [2.05, 4.69) is 26.2 Å². The van der Waals surface area contributed by atoms with Crippen molar-refractivity contribution in [3.05, 3.63) is 74.7 Å². The molecule has 1 amide bonds. The molecule has 128 valence electrons. The van der Waals surface area contributed by atoms with Crippen molar-refractivity contribution in [3.8, 4) is 5.75 Å². The first-order chi connectivity index (χ1) is 12.0. The molecule has 0 unspecified atom stereocenters. The van der Waals surface area contributed by atoms with Gasteiger partial charge in [-0.25, -0.2) is 4.98 Å². The first-order valence-electron chi connectivity index (χ1n) is 7.11. The van der Waals surface area contributed by atoms with Crippen LogP contribution in [0.3, 0.4) is 0 Å². The van der Waals surface area contributed by atoms with Gasteiger partial charge in [-0.3, -0.25) is 4.79 Å². The Balaban J connectivity index is 1.62. The summed E-state index contributed by atoms with van der Waals surface area (Å²) in [4.78, 5) is 16.2. The summed E-state index contributed by atoms with van der Waals surface area (Å²) in [5.74, 6) is 1.09. The SMILES string of the molecule is O=C(Nc1ccc(Br)cn1)c1ccc(COc2cccc(Cl)c2Cl)o1. The Morgan fingerprint density at radius 2 is 2.04 bits per heavy atom. The van der Waals surface area contributed by atoms with Crippen LogP contribution in [0.15, 0.2) is 57.6 Å². The third-order valence-electron chi connectivity index (χ3n) is 3.14. The van der Waals surface area contributed by atoms with Gasteiger partial charge in [-0.1, -0.05) is 29.3 Å². The number of anilines is 1. The Morgan fingerprint density at radius 3 is 2.80 bits per heavy atom. The van der Waals surface area contributed by atoms with Gasteiger partial charge < -0.3 is 14.5 Å². The lowest BCUT2D eigenvalue weighted by atomic mass is 10.3. The molecule has 0 aliphatic carbocycles. The normalized spacial score (nSPS) is 10.5. The average Bonchev–Trinajstić information content (AvgIpc) is 3.07. The molecule has 5 nitrogen and oxygen atoms in total. The number of nitrogens with one attached hydrogen (secondary N) is 1. The number of hydrogen-bond donors (Lipinski definition) is 1. The third-order valence-corrected chi connectivity index (χ3v) is 4.41. The molecule has 0 radical (unpaired) electrons. The first kappa shape index (κ1) is 17.8. The van der Waals surface area contributed by atoms with Crippen LogP contribution in [0.2, 0.25) is 10.0 Å². The molecular formula is C17H11BrCl2N2O3. The number of pyridine rings is 1. The van der Waals surface area contributed by atoms with Crippen LogP contribution in [0.4, 0.5) is 5.82 Å². The summed E-state index contributed by atoms with van der Waals surface area (Å²) in [5.41, 5.74) is 0. The van der Waals surface area contributed by atoms with E-state index < -0.39 is 5.91 Å². The van der Waals surface area contributed by atoms with Crippen molar-refractivity contribution in [1.82, 2.24) is 4.98 Å². The molecular weight excluding hydrogens is 431 g/mol. The minimum Gasteiger partial charge on any atom is -0.484 e. The summed E-state index contributed by atoms with van der Waals surface area (Å²) < 4.78 is 11.9. The number of rotatable bonds is 5. The molecule has 2 heterocycles. The lowest BCUT2D eigenvalue weighted by molar-refractivity contribution is 0.0992. The Bertz CT molecular complexity index is 897. The summed E-state index contributed by atoms with van der Waals surface area (Å²) in [7, 11) is 0. The fourth-order valence-electron chi connectivity index (χ4n) is 1.95. The minimum atomic E-state index is -0.401. The molecule has 2 aromatic heterocycles. The van der Waals surface area contributed by atoms with Gasteiger partial charge in [0.05, 0.1) is 5.02 Å². The first-order valence-corrected chi connectivity index (χ1v) is 8.66. The van der Waals surface area contributed by atoms with Crippen LogP contribution in [0, 0.1) is 0 Å². The topological polar surface area (TPSA) is 64.4 Å². The third kappa shape index (κ3) is 4.54. The fraction of sp³-hybridized carbons (Fsp3) is 0.0588. The summed E-state index contributed by atoms with van der Waals surface area (Å²) >= 11 is 15.3. The predicted octanol–water partition coefficient (Wildman–Crippen LogP) is 5.58. The van der Waals surface area contributed by atoms with Crippen LogP contribution in [0.1, 0.15) is 16.3 Å². The number of carbonyl (C=O) groups excluding carboxylic acids is 1. The lowest BCUT2D eigenvalue weighted by Gasteiger charge is -2.07. The second-order valence-corrected chi connectivity index (χ2v) is 6.62. The van der Waals surface area contributed by atoms with E-state index in [1.165, 1.54) is 0 Å². The van der Waals surface area contributed by atoms with Crippen molar-refractivity contribution in [2.75, 3.05) is 5.32 Å². The van der Waals surface area contributed by atoms with Gasteiger partial charge in [0.2, 0.25) is 0 Å². The molecule has 0 aliphatic heterocycles. The maximum absolute atomic E-state index is 12.1. The van der Waals surface area contributed by atoms with Gasteiger partial charge in [0.15, 0.2) is 5.76 Å². The maximum Gasteiger partial charge on any atom is 0.292 e. The van der Waals surface area contributed by atoms with Crippen molar-refractivity contribution in [1.29, 1.82) is 0 Å². The molecule has 0 spiro atoms. The highest BCUT2D eigenvalue weighted by molar-refractivity contribution is 9.10. The van der Waals surface area contributed by atoms with Crippen molar-refractivity contribution >= 4 is 50.9 Å². The van der Waals surface area contributed by atoms with E-state index in [0.29, 0.717) is 27.4 Å². The van der Waals surface area contributed by atoms with Crippen molar-refractivity contribution in [2.24, 2.45) is 0 Å². The number of ether oxygens (including phenoxy) is 1. The largest absolute Gasteiger partial charge is 0.484 e. The number of furan rings is 1. The Labute approximate surface area is 162 Å². The Hall–Kier alpha value is -2.02. The fourth-order valence-corrected chi connectivity index (χ4v) is 2.53. The predicted molar refractivity (Wildman–Crippen MR) is 99.4 cm³/mol. The minimum absolute atomic E-state index is 0.115. The van der Waals surface area contributed by atoms with Crippen LogP contribution in [-0.2, 0) is 6.61 Å². The Morgan fingerprint density at radius 1 is 1.20 bits per heavy atom. The molecule has 1 N–H and O–H groups in total. The number of halogens is 3. The number of amides is 1. The second kappa shape index (κ2) is 7.91. The lowest BCUT2D eigenvalue weighted by Crippen LogP contribution is -2.11. The molecule has 0 aliphatic rings. The zero-order chi connectivity index (χ0) is 17.8. The van der Waals surface area contributed by atoms with E-state index in [-0.39, 0.29) is 12.4 Å². The van der Waals surface area contributed by atoms with Crippen LogP contribution in [-0.4, -0.2) is 10.9 Å². The zero-order valence-corrected chi connectivity index (χ0v) is 15.7. The van der Waals surface area contributed by atoms with Gasteiger partial charge in [-0.2, -0.15) is 0 Å². The number of hydrogen-bond acceptors (Lipinski definition) is 4. The van der Waals surface area contributed by atoms with E-state index in [1.54, 1.807) is 48.7 Å². The standard InChI is InChI=1S/C17H11BrCl2N2O3/c18-10-4-7-15(21-8-10)22-17(23)14-6-5-11(25-14)9-24-13-3-1-2-12(19)16(13)20/h1-8H,9H2,(H,21,22,23). The molecule has 8 heteroatoms. The van der Waals surface area contributed by atoms with Crippen LogP contribution in [0.5, 0.6) is 5.75 Å². The molecule has 0 bridgehead atoms. The van der Waals surface area contributed by atoms with E-state index in [9.17, 15) is 4.79 Å². The van der Waals surface area contributed by atoms with Crippen LogP contribution in [0.25, 0.3) is 0 Å². The smallest absolute Gasteiger partial charge is 0.292 e. The van der Waals surface area contributed by atoms with Crippen LogP contribution < -0.4 is 10.1 Å². The number of aromatic nitrogens is 1. The van der Waals surface area contributed by atoms with Gasteiger partial charge >= 0.3 is 0 Å². The maximum atomic E-state index is 12.1. The van der Waals surface area contributed by atoms with E-state index in [4.69, 9.17) is 32.4 Å². The average molecular weight is 442 g/mol. The highest BCUT2D eigenvalue weighted by Crippen LogP contribution is 2.32. The number of carbonyl (C=O) groups is 1. The van der Waals surface area contributed by atoms with E-state index >= 15 is 0 Å². The van der Waals surface area contributed by atoms with Crippen molar-refractivity contribution in [3.63, 3.8) is 0 Å². The number of benzene rings is 1. The quantitative estimate of drug-likeness (QED) is 0.561. The van der Waals surface area contributed by atoms with Crippen LogP contribution >= 0.6 is 39.1 Å². The Kier molecular flexibility index (Phi) is 5.63. The molecule has 0 saturated heterocycles. The zero-order valence-electron chi connectivity index (χ0n) is 12.6. The van der Waals surface area contributed by atoms with Gasteiger partial charge in [-0.05, 0) is 52.3 Å². The molecule has 0 saturated carbocycles. The van der Waals surface area contributed by atoms with E-state index in [1.807, 2.05) is 0 Å². The highest BCUT2D eigenvalue weighted by Gasteiger charge is 2.13. The summed E-state index contributed by atoms with van der Waals surface area (Å²) in [5, 5.41) is 3.38. The molecule has 0 atom stereocenters. The second-order valence-electron chi connectivity index (χ2n) is 4.92.